The van der Waals surface area contributed by atoms with Crippen molar-refractivity contribution in [3.63, 3.8) is 0 Å². The number of aromatic nitrogens is 2. The van der Waals surface area contributed by atoms with Gasteiger partial charge in [0, 0.05) is 6.54 Å². The summed E-state index contributed by atoms with van der Waals surface area (Å²) in [6, 6.07) is 5.49. The molecule has 1 heterocycles. The number of halogens is 5. The monoisotopic (exact) mass is 542 g/mol. The second-order valence-electron chi connectivity index (χ2n) is 10.6. The number of nitrogens with zero attached hydrogens (tertiary/aromatic N) is 3. The third kappa shape index (κ3) is 6.43. The van der Waals surface area contributed by atoms with Crippen LogP contribution in [0.3, 0.4) is 0 Å². The number of benzene rings is 1. The molecule has 3 rings (SSSR count). The number of amides is 1. The molecule has 38 heavy (non-hydrogen) atoms. The average molecular weight is 543 g/mol. The molecule has 1 amide bonds. The number of alkyl halides is 5. The largest absolute Gasteiger partial charge is 0.433 e. The van der Waals surface area contributed by atoms with Gasteiger partial charge in [0.15, 0.2) is 11.4 Å². The van der Waals surface area contributed by atoms with Gasteiger partial charge in [-0.15, -0.1) is 0 Å². The third-order valence-corrected chi connectivity index (χ3v) is 7.04. The summed E-state index contributed by atoms with van der Waals surface area (Å²) in [6.07, 6.45) is -2.38. The van der Waals surface area contributed by atoms with Gasteiger partial charge in [-0.3, -0.25) is 9.36 Å². The Kier molecular flexibility index (Phi) is 8.41. The standard InChI is InChI=1S/C26H31F5N4O3/c1-15-7-9-25(37,10-8-15)14-33-22(36)21-19(13-32)35(16(2)34-21)18-6-5-17(11-20(18)38-23(27)28)12-24(3,4)26(29,30)31/h5-6,11,15,23,37H,7-10,12,14H2,1-4H3,(H,33,36). The zero-order chi connectivity index (χ0) is 28.5. The molecule has 2 aromatic rings. The lowest BCUT2D eigenvalue weighted by Gasteiger charge is -2.34. The van der Waals surface area contributed by atoms with E-state index in [1.54, 1.807) is 0 Å². The minimum atomic E-state index is -4.53. The summed E-state index contributed by atoms with van der Waals surface area (Å²) in [7, 11) is 0. The summed E-state index contributed by atoms with van der Waals surface area (Å²) in [5, 5.41) is 23.2. The molecule has 1 saturated carbocycles. The van der Waals surface area contributed by atoms with E-state index >= 15 is 0 Å². The van der Waals surface area contributed by atoms with E-state index < -0.39 is 41.9 Å². The molecule has 1 aliphatic carbocycles. The van der Waals surface area contributed by atoms with Gasteiger partial charge in [-0.1, -0.05) is 26.8 Å². The van der Waals surface area contributed by atoms with E-state index in [1.807, 2.05) is 6.07 Å². The Morgan fingerprint density at radius 1 is 1.32 bits per heavy atom. The average Bonchev–Trinajstić information content (AvgIpc) is 3.14. The van der Waals surface area contributed by atoms with E-state index in [2.05, 4.69) is 22.0 Å². The normalized spacial score (nSPS) is 20.3. The van der Waals surface area contributed by atoms with Crippen LogP contribution >= 0.6 is 0 Å². The van der Waals surface area contributed by atoms with Crippen LogP contribution in [0.4, 0.5) is 22.0 Å². The van der Waals surface area contributed by atoms with E-state index in [1.165, 1.54) is 19.1 Å². The number of imidazole rings is 1. The van der Waals surface area contributed by atoms with Gasteiger partial charge in [-0.2, -0.15) is 27.2 Å². The summed E-state index contributed by atoms with van der Waals surface area (Å²) in [6.45, 7) is 2.19. The van der Waals surface area contributed by atoms with Crippen LogP contribution < -0.4 is 10.1 Å². The molecule has 0 aliphatic heterocycles. The van der Waals surface area contributed by atoms with Gasteiger partial charge in [0.1, 0.15) is 17.6 Å². The maximum absolute atomic E-state index is 13.4. The molecule has 1 aliphatic rings. The molecular weight excluding hydrogens is 511 g/mol. The van der Waals surface area contributed by atoms with Crippen LogP contribution in [0.25, 0.3) is 5.69 Å². The molecule has 1 fully saturated rings. The van der Waals surface area contributed by atoms with Gasteiger partial charge in [0.05, 0.1) is 16.7 Å². The number of carbonyl (C=O) groups excluding carboxylic acids is 1. The zero-order valence-electron chi connectivity index (χ0n) is 21.6. The van der Waals surface area contributed by atoms with Crippen molar-refractivity contribution < 1.29 is 36.6 Å². The fraction of sp³-hybridized carbons (Fsp3) is 0.577. The van der Waals surface area contributed by atoms with Crippen LogP contribution in [0.5, 0.6) is 5.75 Å². The highest BCUT2D eigenvalue weighted by Crippen LogP contribution is 2.41. The Labute approximate surface area is 217 Å². The fourth-order valence-corrected chi connectivity index (χ4v) is 4.55. The van der Waals surface area contributed by atoms with Gasteiger partial charge < -0.3 is 15.2 Å². The van der Waals surface area contributed by atoms with E-state index in [0.29, 0.717) is 18.8 Å². The summed E-state index contributed by atoms with van der Waals surface area (Å²) in [5.74, 6) is -0.620. The molecular formula is C26H31F5N4O3. The van der Waals surface area contributed by atoms with Crippen molar-refractivity contribution in [2.24, 2.45) is 11.3 Å². The minimum Gasteiger partial charge on any atom is -0.433 e. The Balaban J connectivity index is 1.95. The van der Waals surface area contributed by atoms with Crippen molar-refractivity contribution in [3.8, 4) is 17.5 Å². The van der Waals surface area contributed by atoms with E-state index in [0.717, 1.165) is 37.3 Å². The first kappa shape index (κ1) is 29.4. The topological polar surface area (TPSA) is 100 Å². The molecule has 0 spiro atoms. The number of carbonyl (C=O) groups is 1. The Morgan fingerprint density at radius 3 is 2.50 bits per heavy atom. The highest BCUT2D eigenvalue weighted by Gasteiger charge is 2.47. The first-order valence-electron chi connectivity index (χ1n) is 12.2. The summed E-state index contributed by atoms with van der Waals surface area (Å²) < 4.78 is 72.4. The maximum Gasteiger partial charge on any atom is 0.394 e. The molecule has 1 aromatic carbocycles. The predicted molar refractivity (Wildman–Crippen MR) is 128 cm³/mol. The summed E-state index contributed by atoms with van der Waals surface area (Å²) in [5.41, 5.74) is -3.75. The molecule has 0 atom stereocenters. The fourth-order valence-electron chi connectivity index (χ4n) is 4.55. The Morgan fingerprint density at radius 2 is 1.95 bits per heavy atom. The van der Waals surface area contributed by atoms with Gasteiger partial charge in [-0.25, -0.2) is 4.98 Å². The first-order valence-corrected chi connectivity index (χ1v) is 12.2. The number of aryl methyl sites for hydroxylation is 1. The van der Waals surface area contributed by atoms with Crippen LogP contribution in [0, 0.1) is 29.6 Å². The second-order valence-corrected chi connectivity index (χ2v) is 10.6. The molecule has 1 aromatic heterocycles. The SMILES string of the molecule is Cc1nc(C(=O)NCC2(O)CCC(C)CC2)c(C#N)n1-c1ccc(CC(C)(C)C(F)(F)F)cc1OC(F)F. The second kappa shape index (κ2) is 10.9. The predicted octanol–water partition coefficient (Wildman–Crippen LogP) is 5.46. The van der Waals surface area contributed by atoms with Crippen molar-refractivity contribution in [3.05, 3.63) is 41.0 Å². The van der Waals surface area contributed by atoms with Crippen LogP contribution in [0.2, 0.25) is 0 Å². The molecule has 0 unspecified atom stereocenters. The number of nitriles is 1. The maximum atomic E-state index is 13.4. The number of ether oxygens (including phenoxy) is 1. The van der Waals surface area contributed by atoms with Crippen LogP contribution in [-0.2, 0) is 6.42 Å². The lowest BCUT2D eigenvalue weighted by molar-refractivity contribution is -0.211. The van der Waals surface area contributed by atoms with Crippen molar-refractivity contribution in [2.45, 2.75) is 78.2 Å². The molecule has 0 saturated heterocycles. The Hall–Kier alpha value is -3.20. The van der Waals surface area contributed by atoms with Crippen molar-refractivity contribution >= 4 is 5.91 Å². The zero-order valence-corrected chi connectivity index (χ0v) is 21.6. The highest BCUT2D eigenvalue weighted by atomic mass is 19.4. The van der Waals surface area contributed by atoms with Crippen molar-refractivity contribution in [1.82, 2.24) is 14.9 Å². The van der Waals surface area contributed by atoms with Crippen molar-refractivity contribution in [1.29, 1.82) is 5.26 Å². The van der Waals surface area contributed by atoms with Gasteiger partial charge >= 0.3 is 12.8 Å². The van der Waals surface area contributed by atoms with Crippen LogP contribution in [-0.4, -0.2) is 45.5 Å². The van der Waals surface area contributed by atoms with E-state index in [-0.39, 0.29) is 35.0 Å². The summed E-state index contributed by atoms with van der Waals surface area (Å²) >= 11 is 0. The van der Waals surface area contributed by atoms with Crippen molar-refractivity contribution in [2.75, 3.05) is 6.54 Å². The number of nitrogens with one attached hydrogen (secondary N) is 1. The lowest BCUT2D eigenvalue weighted by atomic mass is 9.79. The molecule has 0 bridgehead atoms. The van der Waals surface area contributed by atoms with E-state index in [4.69, 9.17) is 0 Å². The molecule has 208 valence electrons. The smallest absolute Gasteiger partial charge is 0.394 e. The first-order chi connectivity index (χ1) is 17.6. The third-order valence-electron chi connectivity index (χ3n) is 7.04. The number of hydrogen-bond donors (Lipinski definition) is 2. The minimum absolute atomic E-state index is 0.0429. The van der Waals surface area contributed by atoms with Gasteiger partial charge in [-0.05, 0) is 62.6 Å². The molecule has 0 radical (unpaired) electrons. The lowest BCUT2D eigenvalue weighted by Crippen LogP contribution is -2.45. The Bertz CT molecular complexity index is 1210. The van der Waals surface area contributed by atoms with Gasteiger partial charge in [0.25, 0.3) is 5.91 Å². The van der Waals surface area contributed by atoms with E-state index in [9.17, 15) is 37.1 Å². The summed E-state index contributed by atoms with van der Waals surface area (Å²) in [4.78, 5) is 17.1. The number of aliphatic hydroxyl groups is 1. The molecule has 12 heteroatoms. The van der Waals surface area contributed by atoms with Gasteiger partial charge in [0.2, 0.25) is 0 Å². The quantitative estimate of drug-likeness (QED) is 0.432. The van der Waals surface area contributed by atoms with Crippen LogP contribution in [0.1, 0.15) is 74.0 Å². The number of rotatable bonds is 8. The number of hydrogen-bond acceptors (Lipinski definition) is 5. The molecule has 7 nitrogen and oxygen atoms in total. The highest BCUT2D eigenvalue weighted by molar-refractivity contribution is 5.94. The van der Waals surface area contributed by atoms with Crippen LogP contribution in [0.15, 0.2) is 18.2 Å². The molecule has 2 N–H and O–H groups in total.